The molecular weight excluding hydrogens is 222 g/mol. The molecule has 0 aliphatic rings. The third-order valence-electron chi connectivity index (χ3n) is 2.35. The molecule has 88 valence electrons. The molecule has 0 amide bonds. The molecular formula is C11H17N3OS. The van der Waals surface area contributed by atoms with Gasteiger partial charge in [0, 0.05) is 25.1 Å². The zero-order valence-corrected chi connectivity index (χ0v) is 10.8. The molecule has 0 atom stereocenters. The van der Waals surface area contributed by atoms with Crippen molar-refractivity contribution in [2.45, 2.75) is 20.3 Å². The van der Waals surface area contributed by atoms with Gasteiger partial charge in [0.1, 0.15) is 0 Å². The highest BCUT2D eigenvalue weighted by Gasteiger charge is 2.11. The van der Waals surface area contributed by atoms with Crippen LogP contribution in [0.5, 0.6) is 0 Å². The lowest BCUT2D eigenvalue weighted by molar-refractivity contribution is 0.205. The monoisotopic (exact) mass is 239 g/mol. The first-order chi connectivity index (χ1) is 7.69. The van der Waals surface area contributed by atoms with Crippen LogP contribution in [0.25, 0.3) is 0 Å². The van der Waals surface area contributed by atoms with Gasteiger partial charge in [0.15, 0.2) is 5.13 Å². The molecule has 0 unspecified atom stereocenters. The smallest absolute Gasteiger partial charge is 0.185 e. The summed E-state index contributed by atoms with van der Waals surface area (Å²) in [4.78, 5) is 7.84. The quantitative estimate of drug-likeness (QED) is 0.763. The fourth-order valence-electron chi connectivity index (χ4n) is 1.28. The Morgan fingerprint density at radius 2 is 2.19 bits per heavy atom. The second-order valence-corrected chi connectivity index (χ2v) is 4.71. The summed E-state index contributed by atoms with van der Waals surface area (Å²) in [7, 11) is 1.68. The predicted octanol–water partition coefficient (Wildman–Crippen LogP) is 2.13. The first-order valence-corrected chi connectivity index (χ1v) is 6.05. The standard InChI is InChI=1S/C11H17N3OS/c1-9-10(2)16-11(13-9)14(6-4-5-12)7-8-15-3/h4,6-8H2,1-3H3. The van der Waals surface area contributed by atoms with Gasteiger partial charge in [-0.2, -0.15) is 5.26 Å². The summed E-state index contributed by atoms with van der Waals surface area (Å²) >= 11 is 1.67. The highest BCUT2D eigenvalue weighted by Crippen LogP contribution is 2.25. The molecule has 5 heteroatoms. The van der Waals surface area contributed by atoms with Crippen molar-refractivity contribution in [2.24, 2.45) is 0 Å². The number of nitrogens with zero attached hydrogens (tertiary/aromatic N) is 3. The molecule has 0 fully saturated rings. The van der Waals surface area contributed by atoms with Crippen molar-refractivity contribution in [1.29, 1.82) is 5.26 Å². The van der Waals surface area contributed by atoms with Crippen LogP contribution >= 0.6 is 11.3 Å². The molecule has 0 aliphatic heterocycles. The van der Waals surface area contributed by atoms with Crippen LogP contribution in [0.15, 0.2) is 0 Å². The van der Waals surface area contributed by atoms with Crippen LogP contribution in [0.1, 0.15) is 17.0 Å². The van der Waals surface area contributed by atoms with E-state index in [0.29, 0.717) is 19.6 Å². The third kappa shape index (κ3) is 3.47. The number of ether oxygens (including phenoxy) is 1. The van der Waals surface area contributed by atoms with Crippen LogP contribution in [0, 0.1) is 25.2 Å². The van der Waals surface area contributed by atoms with Gasteiger partial charge >= 0.3 is 0 Å². The molecule has 1 heterocycles. The molecule has 1 aromatic rings. The lowest BCUT2D eigenvalue weighted by atomic mass is 10.4. The summed E-state index contributed by atoms with van der Waals surface area (Å²) < 4.78 is 5.06. The van der Waals surface area contributed by atoms with Gasteiger partial charge in [0.05, 0.1) is 24.8 Å². The number of thiazole rings is 1. The maximum absolute atomic E-state index is 8.62. The van der Waals surface area contributed by atoms with Crippen LogP contribution in [0.3, 0.4) is 0 Å². The number of methoxy groups -OCH3 is 1. The average Bonchev–Trinajstić information content (AvgIpc) is 2.59. The Morgan fingerprint density at radius 3 is 2.69 bits per heavy atom. The van der Waals surface area contributed by atoms with Gasteiger partial charge in [0.25, 0.3) is 0 Å². The highest BCUT2D eigenvalue weighted by atomic mass is 32.1. The van der Waals surface area contributed by atoms with E-state index in [4.69, 9.17) is 10.00 Å². The fraction of sp³-hybridized carbons (Fsp3) is 0.636. The number of hydrogen-bond donors (Lipinski definition) is 0. The van der Waals surface area contributed by atoms with E-state index >= 15 is 0 Å². The normalized spacial score (nSPS) is 10.1. The molecule has 16 heavy (non-hydrogen) atoms. The molecule has 0 N–H and O–H groups in total. The minimum absolute atomic E-state index is 0.515. The van der Waals surface area contributed by atoms with Crippen LogP contribution < -0.4 is 4.90 Å². The Hall–Kier alpha value is -1.12. The molecule has 0 saturated heterocycles. The molecule has 4 nitrogen and oxygen atoms in total. The number of rotatable bonds is 6. The van der Waals surface area contributed by atoms with E-state index in [-0.39, 0.29) is 0 Å². The van der Waals surface area contributed by atoms with Gasteiger partial charge in [-0.3, -0.25) is 0 Å². The molecule has 0 aromatic carbocycles. The summed E-state index contributed by atoms with van der Waals surface area (Å²) in [5, 5.41) is 9.61. The van der Waals surface area contributed by atoms with E-state index in [0.717, 1.165) is 17.4 Å². The topological polar surface area (TPSA) is 49.1 Å². The largest absolute Gasteiger partial charge is 0.383 e. The van der Waals surface area contributed by atoms with Gasteiger partial charge in [-0.15, -0.1) is 11.3 Å². The Kier molecular flexibility index (Phi) is 5.23. The minimum atomic E-state index is 0.515. The van der Waals surface area contributed by atoms with Crippen LogP contribution in [0.2, 0.25) is 0 Å². The van der Waals surface area contributed by atoms with Crippen LogP contribution in [0.4, 0.5) is 5.13 Å². The molecule has 1 aromatic heterocycles. The van der Waals surface area contributed by atoms with Crippen molar-refractivity contribution in [1.82, 2.24) is 4.98 Å². The Balaban J connectivity index is 2.71. The van der Waals surface area contributed by atoms with Crippen LogP contribution in [-0.2, 0) is 4.74 Å². The Bertz CT molecular complexity index is 350. The lowest BCUT2D eigenvalue weighted by Crippen LogP contribution is -2.28. The summed E-state index contributed by atoms with van der Waals surface area (Å²) in [6, 6.07) is 2.16. The zero-order valence-electron chi connectivity index (χ0n) is 9.99. The van der Waals surface area contributed by atoms with Gasteiger partial charge in [-0.1, -0.05) is 0 Å². The Labute approximate surface area is 100 Å². The van der Waals surface area contributed by atoms with E-state index in [1.54, 1.807) is 18.4 Å². The van der Waals surface area contributed by atoms with Gasteiger partial charge in [0.2, 0.25) is 0 Å². The molecule has 1 rings (SSSR count). The highest BCUT2D eigenvalue weighted by molar-refractivity contribution is 7.15. The second-order valence-electron chi connectivity index (χ2n) is 3.53. The zero-order chi connectivity index (χ0) is 12.0. The van der Waals surface area contributed by atoms with E-state index in [1.807, 2.05) is 6.92 Å². The van der Waals surface area contributed by atoms with Gasteiger partial charge < -0.3 is 9.64 Å². The van der Waals surface area contributed by atoms with Gasteiger partial charge in [-0.25, -0.2) is 4.98 Å². The predicted molar refractivity (Wildman–Crippen MR) is 65.9 cm³/mol. The second kappa shape index (κ2) is 6.46. The van der Waals surface area contributed by atoms with E-state index in [9.17, 15) is 0 Å². The van der Waals surface area contributed by atoms with Crippen molar-refractivity contribution in [3.8, 4) is 6.07 Å². The minimum Gasteiger partial charge on any atom is -0.383 e. The van der Waals surface area contributed by atoms with Crippen molar-refractivity contribution >= 4 is 16.5 Å². The summed E-state index contributed by atoms with van der Waals surface area (Å²) in [6.45, 7) is 6.23. The fourth-order valence-corrected chi connectivity index (χ4v) is 2.24. The molecule has 0 spiro atoms. The Morgan fingerprint density at radius 1 is 1.44 bits per heavy atom. The lowest BCUT2D eigenvalue weighted by Gasteiger charge is -2.19. The van der Waals surface area contributed by atoms with E-state index in [2.05, 4.69) is 22.9 Å². The van der Waals surface area contributed by atoms with Crippen LogP contribution in [-0.4, -0.2) is 31.8 Å². The number of aromatic nitrogens is 1. The number of aryl methyl sites for hydroxylation is 2. The summed E-state index contributed by atoms with van der Waals surface area (Å²) in [5.41, 5.74) is 1.07. The number of anilines is 1. The van der Waals surface area contributed by atoms with E-state index < -0.39 is 0 Å². The molecule has 0 saturated carbocycles. The third-order valence-corrected chi connectivity index (χ3v) is 3.48. The summed E-state index contributed by atoms with van der Waals surface area (Å²) in [5.74, 6) is 0. The molecule has 0 aliphatic carbocycles. The van der Waals surface area contributed by atoms with E-state index in [1.165, 1.54) is 4.88 Å². The average molecular weight is 239 g/mol. The van der Waals surface area contributed by atoms with Crippen molar-refractivity contribution < 1.29 is 4.74 Å². The van der Waals surface area contributed by atoms with Crippen molar-refractivity contribution in [3.05, 3.63) is 10.6 Å². The maximum atomic E-state index is 8.62. The number of nitriles is 1. The number of hydrogen-bond acceptors (Lipinski definition) is 5. The summed E-state index contributed by atoms with van der Waals surface area (Å²) in [6.07, 6.45) is 0.515. The molecule has 0 radical (unpaired) electrons. The first-order valence-electron chi connectivity index (χ1n) is 5.24. The van der Waals surface area contributed by atoms with Gasteiger partial charge in [-0.05, 0) is 13.8 Å². The van der Waals surface area contributed by atoms with Crippen molar-refractivity contribution in [3.63, 3.8) is 0 Å². The van der Waals surface area contributed by atoms with Crippen molar-refractivity contribution in [2.75, 3.05) is 31.7 Å². The maximum Gasteiger partial charge on any atom is 0.185 e. The first kappa shape index (κ1) is 12.9. The molecule has 0 bridgehead atoms. The SMILES string of the molecule is COCCN(CCC#N)c1nc(C)c(C)s1.